The van der Waals surface area contributed by atoms with Gasteiger partial charge in [-0.1, -0.05) is 19.1 Å². The Morgan fingerprint density at radius 2 is 1.87 bits per heavy atom. The van der Waals surface area contributed by atoms with Crippen LogP contribution >= 0.6 is 0 Å². The number of aryl methyl sites for hydroxylation is 1. The van der Waals surface area contributed by atoms with Gasteiger partial charge in [0.05, 0.1) is 12.3 Å². The van der Waals surface area contributed by atoms with E-state index in [0.29, 0.717) is 17.7 Å². The number of pyridine rings is 1. The molecule has 1 aliphatic carbocycles. The fraction of sp³-hybridized carbons (Fsp3) is 0.192. The van der Waals surface area contributed by atoms with Crippen LogP contribution in [0, 0.1) is 18.6 Å². The molecule has 3 aromatic rings. The average Bonchev–Trinajstić information content (AvgIpc) is 3.14. The molecule has 5 rings (SSSR count). The highest BCUT2D eigenvalue weighted by molar-refractivity contribution is 6.16. The number of halogens is 2. The van der Waals surface area contributed by atoms with Crippen LogP contribution in [0.4, 0.5) is 8.78 Å². The van der Waals surface area contributed by atoms with E-state index >= 15 is 0 Å². The van der Waals surface area contributed by atoms with Crippen LogP contribution in [-0.4, -0.2) is 16.5 Å². The molecule has 5 heteroatoms. The Bertz CT molecular complexity index is 1310. The summed E-state index contributed by atoms with van der Waals surface area (Å²) in [4.78, 5) is 21.9. The van der Waals surface area contributed by atoms with Crippen LogP contribution in [0.15, 0.2) is 59.2 Å². The number of allylic oxidation sites excluding steroid dienone is 1. The Morgan fingerprint density at radius 3 is 2.65 bits per heavy atom. The van der Waals surface area contributed by atoms with Gasteiger partial charge in [0.25, 0.3) is 0 Å². The van der Waals surface area contributed by atoms with Crippen LogP contribution in [0.5, 0.6) is 0 Å². The van der Waals surface area contributed by atoms with Crippen molar-refractivity contribution in [2.45, 2.75) is 32.7 Å². The van der Waals surface area contributed by atoms with Gasteiger partial charge in [0.15, 0.2) is 5.78 Å². The van der Waals surface area contributed by atoms with Gasteiger partial charge < -0.3 is 0 Å². The number of ketones is 1. The lowest BCUT2D eigenvalue weighted by molar-refractivity contribution is -0.115. The number of aliphatic imine (C=N–C) groups is 1. The van der Waals surface area contributed by atoms with Crippen LogP contribution in [0.25, 0.3) is 6.08 Å². The van der Waals surface area contributed by atoms with Gasteiger partial charge in [0.2, 0.25) is 0 Å². The first-order valence-corrected chi connectivity index (χ1v) is 10.2. The molecule has 0 saturated heterocycles. The van der Waals surface area contributed by atoms with Crippen molar-refractivity contribution in [3.8, 4) is 0 Å². The third kappa shape index (κ3) is 3.40. The quantitative estimate of drug-likeness (QED) is 0.581. The summed E-state index contributed by atoms with van der Waals surface area (Å²) in [6.45, 7) is 4.32. The van der Waals surface area contributed by atoms with Crippen molar-refractivity contribution in [3.05, 3.63) is 105 Å². The summed E-state index contributed by atoms with van der Waals surface area (Å²) in [5.41, 5.74) is 7.78. The fourth-order valence-corrected chi connectivity index (χ4v) is 4.45. The summed E-state index contributed by atoms with van der Waals surface area (Å²) in [5.74, 6) is -1.77. The molecule has 0 bridgehead atoms. The zero-order valence-corrected chi connectivity index (χ0v) is 17.2. The lowest BCUT2D eigenvalue weighted by atomic mass is 9.81. The van der Waals surface area contributed by atoms with E-state index in [0.717, 1.165) is 45.3 Å². The van der Waals surface area contributed by atoms with Gasteiger partial charge in [0, 0.05) is 47.0 Å². The molecule has 0 radical (unpaired) electrons. The average molecular weight is 414 g/mol. The molecule has 154 valence electrons. The SMILES string of the molecule is Cc1cc(C2=NCc3cc4c(cc32)C=C(C(C)c2ccc(F)cc2F)C(=O)C4)ccn1. The molecule has 0 saturated carbocycles. The Hall–Kier alpha value is -3.47. The molecule has 0 fully saturated rings. The van der Waals surface area contributed by atoms with Crippen molar-refractivity contribution in [1.82, 2.24) is 4.98 Å². The van der Waals surface area contributed by atoms with E-state index in [1.54, 1.807) is 13.1 Å². The second-order valence-electron chi connectivity index (χ2n) is 8.15. The predicted molar refractivity (Wildman–Crippen MR) is 116 cm³/mol. The number of rotatable bonds is 3. The maximum Gasteiger partial charge on any atom is 0.163 e. The number of fused-ring (bicyclic) bond motifs is 2. The molecule has 1 atom stereocenters. The summed E-state index contributed by atoms with van der Waals surface area (Å²) < 4.78 is 27.6. The normalized spacial score (nSPS) is 15.8. The minimum Gasteiger partial charge on any atom is -0.294 e. The molecule has 1 unspecified atom stereocenters. The van der Waals surface area contributed by atoms with Gasteiger partial charge in [0.1, 0.15) is 11.6 Å². The van der Waals surface area contributed by atoms with Crippen molar-refractivity contribution >= 4 is 17.6 Å². The Labute approximate surface area is 179 Å². The molecule has 0 amide bonds. The second-order valence-corrected chi connectivity index (χ2v) is 8.15. The molecule has 31 heavy (non-hydrogen) atoms. The first kappa shape index (κ1) is 19.5. The number of nitrogens with zero attached hydrogens (tertiary/aromatic N) is 2. The largest absolute Gasteiger partial charge is 0.294 e. The second kappa shape index (κ2) is 7.34. The van der Waals surface area contributed by atoms with Crippen molar-refractivity contribution in [1.29, 1.82) is 0 Å². The van der Waals surface area contributed by atoms with Crippen molar-refractivity contribution in [3.63, 3.8) is 0 Å². The molecule has 3 nitrogen and oxygen atoms in total. The third-order valence-corrected chi connectivity index (χ3v) is 6.08. The van der Waals surface area contributed by atoms with Gasteiger partial charge in [-0.05, 0) is 59.5 Å². The van der Waals surface area contributed by atoms with Gasteiger partial charge >= 0.3 is 0 Å². The van der Waals surface area contributed by atoms with E-state index in [1.807, 2.05) is 25.1 Å². The van der Waals surface area contributed by atoms with Gasteiger partial charge in [-0.3, -0.25) is 14.8 Å². The number of aromatic nitrogens is 1. The van der Waals surface area contributed by atoms with Crippen molar-refractivity contribution in [2.24, 2.45) is 4.99 Å². The fourth-order valence-electron chi connectivity index (χ4n) is 4.45. The van der Waals surface area contributed by atoms with Crippen LogP contribution in [-0.2, 0) is 17.8 Å². The van der Waals surface area contributed by atoms with E-state index in [-0.39, 0.29) is 12.2 Å². The molecule has 2 aliphatic rings. The van der Waals surface area contributed by atoms with Gasteiger partial charge in [-0.25, -0.2) is 8.78 Å². The Morgan fingerprint density at radius 1 is 1.03 bits per heavy atom. The summed E-state index contributed by atoms with van der Waals surface area (Å²) in [7, 11) is 0. The molecule has 1 aliphatic heterocycles. The summed E-state index contributed by atoms with van der Waals surface area (Å²) in [6.07, 6.45) is 3.90. The van der Waals surface area contributed by atoms with E-state index in [2.05, 4.69) is 17.1 Å². The molecular weight excluding hydrogens is 394 g/mol. The maximum absolute atomic E-state index is 14.3. The van der Waals surface area contributed by atoms with Crippen LogP contribution < -0.4 is 0 Å². The van der Waals surface area contributed by atoms with E-state index < -0.39 is 17.6 Å². The highest BCUT2D eigenvalue weighted by Gasteiger charge is 2.28. The van der Waals surface area contributed by atoms with Crippen molar-refractivity contribution in [2.75, 3.05) is 0 Å². The zero-order valence-electron chi connectivity index (χ0n) is 17.2. The number of carbonyl (C=O) groups is 1. The van der Waals surface area contributed by atoms with Crippen molar-refractivity contribution < 1.29 is 13.6 Å². The number of benzene rings is 2. The summed E-state index contributed by atoms with van der Waals surface area (Å²) >= 11 is 0. The lowest BCUT2D eigenvalue weighted by Gasteiger charge is -2.22. The molecule has 2 heterocycles. The Balaban J connectivity index is 1.56. The summed E-state index contributed by atoms with van der Waals surface area (Å²) in [5, 5.41) is 0. The first-order valence-electron chi connectivity index (χ1n) is 10.2. The van der Waals surface area contributed by atoms with E-state index in [9.17, 15) is 13.6 Å². The van der Waals surface area contributed by atoms with E-state index in [1.165, 1.54) is 12.1 Å². The maximum atomic E-state index is 14.3. The van der Waals surface area contributed by atoms with Gasteiger partial charge in [-0.15, -0.1) is 0 Å². The lowest BCUT2D eigenvalue weighted by Crippen LogP contribution is -2.18. The van der Waals surface area contributed by atoms with E-state index in [4.69, 9.17) is 4.99 Å². The summed E-state index contributed by atoms with van der Waals surface area (Å²) in [6, 6.07) is 11.6. The minimum absolute atomic E-state index is 0.0347. The smallest absolute Gasteiger partial charge is 0.163 e. The molecule has 0 spiro atoms. The predicted octanol–water partition coefficient (Wildman–Crippen LogP) is 5.33. The molecular formula is C26H20F2N2O. The first-order chi connectivity index (χ1) is 14.9. The number of carbonyl (C=O) groups excluding carboxylic acids is 1. The molecule has 1 aromatic heterocycles. The topological polar surface area (TPSA) is 42.3 Å². The van der Waals surface area contributed by atoms with Crippen LogP contribution in [0.1, 0.15) is 51.9 Å². The Kier molecular flexibility index (Phi) is 4.62. The highest BCUT2D eigenvalue weighted by Crippen LogP contribution is 2.36. The molecule has 0 N–H and O–H groups in total. The minimum atomic E-state index is -0.636. The van der Waals surface area contributed by atoms with Crippen LogP contribution in [0.3, 0.4) is 0 Å². The molecule has 2 aromatic carbocycles. The zero-order chi connectivity index (χ0) is 21.7. The third-order valence-electron chi connectivity index (χ3n) is 6.08. The number of hydrogen-bond acceptors (Lipinski definition) is 3. The number of Topliss-reactive ketones (excluding diaryl/α,β-unsaturated/α-hetero) is 1. The monoisotopic (exact) mass is 414 g/mol. The highest BCUT2D eigenvalue weighted by atomic mass is 19.1. The van der Waals surface area contributed by atoms with Crippen LogP contribution in [0.2, 0.25) is 0 Å². The standard InChI is InChI=1S/C26H20F2N2O/c1-14-7-16(5-6-29-14)26-23-10-18-9-22(15(2)21-4-3-20(27)12-24(21)28)25(31)11-17(18)8-19(23)13-30-26/h3-10,12,15H,11,13H2,1-2H3. The van der Waals surface area contributed by atoms with Gasteiger partial charge in [-0.2, -0.15) is 0 Å². The number of hydrogen-bond donors (Lipinski definition) is 0.